The van der Waals surface area contributed by atoms with Gasteiger partial charge < -0.3 is 15.4 Å². The number of hydrogen-bond donors (Lipinski definition) is 2. The van der Waals surface area contributed by atoms with Crippen molar-refractivity contribution >= 4 is 5.91 Å². The van der Waals surface area contributed by atoms with Crippen molar-refractivity contribution in [3.05, 3.63) is 0 Å². The van der Waals surface area contributed by atoms with Gasteiger partial charge in [0.1, 0.15) is 0 Å². The summed E-state index contributed by atoms with van der Waals surface area (Å²) in [6.45, 7) is 8.14. The summed E-state index contributed by atoms with van der Waals surface area (Å²) in [5.74, 6) is 0.200. The van der Waals surface area contributed by atoms with Crippen LogP contribution in [0.2, 0.25) is 0 Å². The minimum Gasteiger partial charge on any atom is -0.382 e. The Labute approximate surface area is 98.1 Å². The molecule has 0 aromatic heterocycles. The van der Waals surface area contributed by atoms with Crippen LogP contribution in [0.4, 0.5) is 0 Å². The molecule has 2 N–H and O–H groups in total. The third-order valence-electron chi connectivity index (χ3n) is 3.21. The van der Waals surface area contributed by atoms with Crippen molar-refractivity contribution in [2.24, 2.45) is 5.41 Å². The van der Waals surface area contributed by atoms with E-state index in [4.69, 9.17) is 4.74 Å². The summed E-state index contributed by atoms with van der Waals surface area (Å²) in [5, 5.41) is 6.28. The van der Waals surface area contributed by atoms with E-state index in [1.807, 2.05) is 6.92 Å². The molecule has 0 aromatic carbocycles. The summed E-state index contributed by atoms with van der Waals surface area (Å²) in [4.78, 5) is 12.0. The van der Waals surface area contributed by atoms with Crippen LogP contribution in [0, 0.1) is 5.41 Å². The highest BCUT2D eigenvalue weighted by atomic mass is 16.5. The van der Waals surface area contributed by atoms with E-state index in [9.17, 15) is 4.79 Å². The molecule has 0 unspecified atom stereocenters. The Morgan fingerprint density at radius 2 is 2.12 bits per heavy atom. The molecule has 1 heterocycles. The lowest BCUT2D eigenvalue weighted by atomic mass is 9.80. The largest absolute Gasteiger partial charge is 0.382 e. The molecule has 0 bridgehead atoms. The molecular weight excluding hydrogens is 204 g/mol. The molecule has 0 aromatic rings. The second kappa shape index (κ2) is 6.86. The van der Waals surface area contributed by atoms with Gasteiger partial charge >= 0.3 is 0 Å². The van der Waals surface area contributed by atoms with Gasteiger partial charge in [-0.15, -0.1) is 0 Å². The summed E-state index contributed by atoms with van der Waals surface area (Å²) in [6, 6.07) is 0. The number of ether oxygens (including phenoxy) is 1. The molecule has 94 valence electrons. The average molecular weight is 228 g/mol. The Kier molecular flexibility index (Phi) is 5.77. The quantitative estimate of drug-likeness (QED) is 0.665. The van der Waals surface area contributed by atoms with Crippen LogP contribution in [0.15, 0.2) is 0 Å². The topological polar surface area (TPSA) is 50.4 Å². The Morgan fingerprint density at radius 3 is 2.75 bits per heavy atom. The first-order valence-electron chi connectivity index (χ1n) is 6.26. The SMILES string of the molecule is CCOCCCNC(=O)C1(C)CCNCC1. The highest BCUT2D eigenvalue weighted by molar-refractivity contribution is 5.82. The van der Waals surface area contributed by atoms with E-state index in [-0.39, 0.29) is 11.3 Å². The maximum atomic E-state index is 12.0. The zero-order chi connectivity index (χ0) is 11.9. The number of piperidine rings is 1. The van der Waals surface area contributed by atoms with Crippen LogP contribution >= 0.6 is 0 Å². The number of hydrogen-bond acceptors (Lipinski definition) is 3. The maximum Gasteiger partial charge on any atom is 0.226 e. The smallest absolute Gasteiger partial charge is 0.226 e. The summed E-state index contributed by atoms with van der Waals surface area (Å²) < 4.78 is 5.22. The third-order valence-corrected chi connectivity index (χ3v) is 3.21. The number of carbonyl (C=O) groups excluding carboxylic acids is 1. The first kappa shape index (κ1) is 13.5. The van der Waals surface area contributed by atoms with E-state index in [1.165, 1.54) is 0 Å². The van der Waals surface area contributed by atoms with Crippen molar-refractivity contribution in [1.82, 2.24) is 10.6 Å². The zero-order valence-corrected chi connectivity index (χ0v) is 10.5. The van der Waals surface area contributed by atoms with Crippen LogP contribution in [0.3, 0.4) is 0 Å². The molecule has 4 heteroatoms. The molecule has 0 radical (unpaired) electrons. The van der Waals surface area contributed by atoms with Gasteiger partial charge in [-0.2, -0.15) is 0 Å². The van der Waals surface area contributed by atoms with Gasteiger partial charge in [0.05, 0.1) is 0 Å². The average Bonchev–Trinajstić information content (AvgIpc) is 2.29. The Bertz CT molecular complexity index is 213. The molecule has 0 saturated carbocycles. The first-order valence-corrected chi connectivity index (χ1v) is 6.26. The Balaban J connectivity index is 2.18. The van der Waals surface area contributed by atoms with E-state index in [2.05, 4.69) is 17.6 Å². The van der Waals surface area contributed by atoms with Crippen LogP contribution in [-0.4, -0.2) is 38.8 Å². The van der Waals surface area contributed by atoms with Gasteiger partial charge in [0.2, 0.25) is 5.91 Å². The van der Waals surface area contributed by atoms with Crippen LogP contribution in [0.1, 0.15) is 33.1 Å². The molecule has 1 amide bonds. The summed E-state index contributed by atoms with van der Waals surface area (Å²) in [7, 11) is 0. The number of rotatable bonds is 6. The van der Waals surface area contributed by atoms with E-state index in [1.54, 1.807) is 0 Å². The first-order chi connectivity index (χ1) is 7.69. The lowest BCUT2D eigenvalue weighted by molar-refractivity contribution is -0.131. The van der Waals surface area contributed by atoms with Gasteiger partial charge in [-0.1, -0.05) is 6.92 Å². The second-order valence-electron chi connectivity index (χ2n) is 4.62. The molecule has 1 aliphatic rings. The fourth-order valence-corrected chi connectivity index (χ4v) is 1.94. The zero-order valence-electron chi connectivity index (χ0n) is 10.5. The molecule has 1 rings (SSSR count). The lowest BCUT2D eigenvalue weighted by Crippen LogP contribution is -2.46. The molecule has 1 aliphatic heterocycles. The van der Waals surface area contributed by atoms with Crippen molar-refractivity contribution in [3.63, 3.8) is 0 Å². The van der Waals surface area contributed by atoms with Crippen molar-refractivity contribution in [1.29, 1.82) is 0 Å². The summed E-state index contributed by atoms with van der Waals surface area (Å²) in [5.41, 5.74) is -0.170. The minimum absolute atomic E-state index is 0.170. The number of carbonyl (C=O) groups is 1. The highest BCUT2D eigenvalue weighted by Gasteiger charge is 2.33. The van der Waals surface area contributed by atoms with Crippen LogP contribution in [0.25, 0.3) is 0 Å². The monoisotopic (exact) mass is 228 g/mol. The van der Waals surface area contributed by atoms with Gasteiger partial charge in [0.15, 0.2) is 0 Å². The van der Waals surface area contributed by atoms with Crippen molar-refractivity contribution < 1.29 is 9.53 Å². The molecule has 1 saturated heterocycles. The standard InChI is InChI=1S/C12H24N2O2/c1-3-16-10-4-7-14-11(15)12(2)5-8-13-9-6-12/h13H,3-10H2,1-2H3,(H,14,15). The van der Waals surface area contributed by atoms with Crippen molar-refractivity contribution in [3.8, 4) is 0 Å². The molecule has 0 aliphatic carbocycles. The van der Waals surface area contributed by atoms with Gasteiger partial charge in [0.25, 0.3) is 0 Å². The predicted octanol–water partition coefficient (Wildman–Crippen LogP) is 0.919. The van der Waals surface area contributed by atoms with Gasteiger partial charge in [-0.05, 0) is 39.3 Å². The number of amides is 1. The summed E-state index contributed by atoms with van der Waals surface area (Å²) in [6.07, 6.45) is 2.77. The second-order valence-corrected chi connectivity index (χ2v) is 4.62. The van der Waals surface area contributed by atoms with E-state index in [0.717, 1.165) is 52.1 Å². The highest BCUT2D eigenvalue weighted by Crippen LogP contribution is 2.27. The molecule has 1 fully saturated rings. The molecule has 16 heavy (non-hydrogen) atoms. The van der Waals surface area contributed by atoms with Crippen molar-refractivity contribution in [2.75, 3.05) is 32.8 Å². The van der Waals surface area contributed by atoms with E-state index in [0.29, 0.717) is 0 Å². The van der Waals surface area contributed by atoms with Crippen molar-refractivity contribution in [2.45, 2.75) is 33.1 Å². The molecule has 4 nitrogen and oxygen atoms in total. The lowest BCUT2D eigenvalue weighted by Gasteiger charge is -2.32. The fourth-order valence-electron chi connectivity index (χ4n) is 1.94. The number of nitrogens with one attached hydrogen (secondary N) is 2. The molecule has 0 atom stereocenters. The van der Waals surface area contributed by atoms with Gasteiger partial charge in [0, 0.05) is 25.2 Å². The normalized spacial score (nSPS) is 19.4. The van der Waals surface area contributed by atoms with Crippen LogP contribution < -0.4 is 10.6 Å². The van der Waals surface area contributed by atoms with Crippen LogP contribution in [-0.2, 0) is 9.53 Å². The van der Waals surface area contributed by atoms with Crippen LogP contribution in [0.5, 0.6) is 0 Å². The summed E-state index contributed by atoms with van der Waals surface area (Å²) >= 11 is 0. The third kappa shape index (κ3) is 4.10. The fraction of sp³-hybridized carbons (Fsp3) is 0.917. The minimum atomic E-state index is -0.170. The predicted molar refractivity (Wildman–Crippen MR) is 64.3 cm³/mol. The molecule has 0 spiro atoms. The van der Waals surface area contributed by atoms with E-state index >= 15 is 0 Å². The van der Waals surface area contributed by atoms with Gasteiger partial charge in [-0.3, -0.25) is 4.79 Å². The van der Waals surface area contributed by atoms with E-state index < -0.39 is 0 Å². The Morgan fingerprint density at radius 1 is 1.44 bits per heavy atom. The van der Waals surface area contributed by atoms with Gasteiger partial charge in [-0.25, -0.2) is 0 Å². The molecular formula is C12H24N2O2. The Hall–Kier alpha value is -0.610. The maximum absolute atomic E-state index is 12.0.